The van der Waals surface area contributed by atoms with Crippen molar-refractivity contribution >= 4 is 0 Å². The van der Waals surface area contributed by atoms with Crippen molar-refractivity contribution in [1.82, 2.24) is 5.32 Å². The SMILES string of the molecule is CCCCOCCNC1CC=CC1. The molecule has 0 fully saturated rings. The van der Waals surface area contributed by atoms with Gasteiger partial charge in [0, 0.05) is 19.2 Å². The van der Waals surface area contributed by atoms with E-state index in [0.717, 1.165) is 19.8 Å². The van der Waals surface area contributed by atoms with Crippen LogP contribution in [-0.4, -0.2) is 25.8 Å². The lowest BCUT2D eigenvalue weighted by atomic mass is 10.2. The third-order valence-electron chi connectivity index (χ3n) is 2.33. The van der Waals surface area contributed by atoms with Gasteiger partial charge in [0.05, 0.1) is 6.61 Å². The summed E-state index contributed by atoms with van der Waals surface area (Å²) in [6, 6.07) is 0.676. The number of nitrogens with one attached hydrogen (secondary N) is 1. The fourth-order valence-electron chi connectivity index (χ4n) is 1.47. The maximum Gasteiger partial charge on any atom is 0.0591 e. The minimum absolute atomic E-state index is 0.676. The van der Waals surface area contributed by atoms with E-state index in [1.54, 1.807) is 0 Å². The molecule has 0 radical (unpaired) electrons. The smallest absolute Gasteiger partial charge is 0.0591 e. The third kappa shape index (κ3) is 5.06. The summed E-state index contributed by atoms with van der Waals surface area (Å²) in [7, 11) is 0. The Hall–Kier alpha value is -0.340. The summed E-state index contributed by atoms with van der Waals surface area (Å²) >= 11 is 0. The molecule has 1 aliphatic rings. The lowest BCUT2D eigenvalue weighted by molar-refractivity contribution is 0.131. The van der Waals surface area contributed by atoms with Gasteiger partial charge in [-0.15, -0.1) is 0 Å². The Kier molecular flexibility index (Phi) is 5.87. The zero-order valence-corrected chi connectivity index (χ0v) is 8.59. The van der Waals surface area contributed by atoms with E-state index in [0.29, 0.717) is 6.04 Å². The highest BCUT2D eigenvalue weighted by molar-refractivity contribution is 4.97. The van der Waals surface area contributed by atoms with Gasteiger partial charge in [-0.1, -0.05) is 25.5 Å². The molecule has 0 spiro atoms. The number of ether oxygens (including phenoxy) is 1. The van der Waals surface area contributed by atoms with Gasteiger partial charge in [0.1, 0.15) is 0 Å². The molecule has 0 saturated heterocycles. The molecule has 0 amide bonds. The van der Waals surface area contributed by atoms with Crippen molar-refractivity contribution in [2.75, 3.05) is 19.8 Å². The molecule has 0 aliphatic heterocycles. The van der Waals surface area contributed by atoms with Crippen LogP contribution in [0.3, 0.4) is 0 Å². The number of hydrogen-bond donors (Lipinski definition) is 1. The Morgan fingerprint density at radius 3 is 2.77 bits per heavy atom. The molecule has 13 heavy (non-hydrogen) atoms. The first-order valence-corrected chi connectivity index (χ1v) is 5.39. The van der Waals surface area contributed by atoms with Crippen molar-refractivity contribution in [2.24, 2.45) is 0 Å². The Morgan fingerprint density at radius 2 is 2.08 bits per heavy atom. The monoisotopic (exact) mass is 183 g/mol. The highest BCUT2D eigenvalue weighted by atomic mass is 16.5. The van der Waals surface area contributed by atoms with Crippen LogP contribution < -0.4 is 5.32 Å². The molecule has 2 heteroatoms. The van der Waals surface area contributed by atoms with Gasteiger partial charge in [-0.3, -0.25) is 0 Å². The second-order valence-corrected chi connectivity index (χ2v) is 3.56. The Balaban J connectivity index is 1.78. The van der Waals surface area contributed by atoms with E-state index in [1.165, 1.54) is 25.7 Å². The van der Waals surface area contributed by atoms with Gasteiger partial charge in [0.2, 0.25) is 0 Å². The van der Waals surface area contributed by atoms with Crippen LogP contribution >= 0.6 is 0 Å². The summed E-state index contributed by atoms with van der Waals surface area (Å²) < 4.78 is 5.45. The molecule has 1 aliphatic carbocycles. The van der Waals surface area contributed by atoms with Crippen molar-refractivity contribution in [1.29, 1.82) is 0 Å². The molecule has 1 N–H and O–H groups in total. The van der Waals surface area contributed by atoms with Gasteiger partial charge < -0.3 is 10.1 Å². The average Bonchev–Trinajstić information content (AvgIpc) is 2.63. The molecule has 1 rings (SSSR count). The largest absolute Gasteiger partial charge is 0.380 e. The standard InChI is InChI=1S/C11H21NO/c1-2-3-9-13-10-8-12-11-6-4-5-7-11/h4-5,11-12H,2-3,6-10H2,1H3. The highest BCUT2D eigenvalue weighted by Crippen LogP contribution is 2.08. The molecule has 0 saturated carbocycles. The van der Waals surface area contributed by atoms with Crippen LogP contribution in [0.5, 0.6) is 0 Å². The van der Waals surface area contributed by atoms with E-state index in [4.69, 9.17) is 4.74 Å². The van der Waals surface area contributed by atoms with Crippen molar-refractivity contribution in [3.8, 4) is 0 Å². The molecule has 0 aromatic heterocycles. The van der Waals surface area contributed by atoms with Crippen LogP contribution in [0.1, 0.15) is 32.6 Å². The average molecular weight is 183 g/mol. The Labute approximate surface area is 81.4 Å². The van der Waals surface area contributed by atoms with E-state index in [1.807, 2.05) is 0 Å². The van der Waals surface area contributed by atoms with Crippen LogP contribution in [0.2, 0.25) is 0 Å². The van der Waals surface area contributed by atoms with Crippen LogP contribution in [0.15, 0.2) is 12.2 Å². The van der Waals surface area contributed by atoms with Gasteiger partial charge in [0.25, 0.3) is 0 Å². The zero-order chi connectivity index (χ0) is 9.36. The summed E-state index contributed by atoms with van der Waals surface area (Å²) in [5.41, 5.74) is 0. The second-order valence-electron chi connectivity index (χ2n) is 3.56. The zero-order valence-electron chi connectivity index (χ0n) is 8.59. The van der Waals surface area contributed by atoms with Crippen molar-refractivity contribution < 1.29 is 4.74 Å². The number of unbranched alkanes of at least 4 members (excludes halogenated alkanes) is 1. The topological polar surface area (TPSA) is 21.3 Å². The lowest BCUT2D eigenvalue weighted by Crippen LogP contribution is -2.29. The van der Waals surface area contributed by atoms with Gasteiger partial charge >= 0.3 is 0 Å². The van der Waals surface area contributed by atoms with E-state index in [-0.39, 0.29) is 0 Å². The quantitative estimate of drug-likeness (QED) is 0.482. The fraction of sp³-hybridized carbons (Fsp3) is 0.818. The van der Waals surface area contributed by atoms with Gasteiger partial charge in [-0.2, -0.15) is 0 Å². The fourth-order valence-corrected chi connectivity index (χ4v) is 1.47. The van der Waals surface area contributed by atoms with E-state index >= 15 is 0 Å². The van der Waals surface area contributed by atoms with E-state index in [9.17, 15) is 0 Å². The first-order chi connectivity index (χ1) is 6.43. The molecular formula is C11H21NO. The first-order valence-electron chi connectivity index (χ1n) is 5.39. The van der Waals surface area contributed by atoms with Crippen molar-refractivity contribution in [2.45, 2.75) is 38.6 Å². The second kappa shape index (κ2) is 7.10. The van der Waals surface area contributed by atoms with Crippen LogP contribution in [-0.2, 0) is 4.74 Å². The molecule has 0 unspecified atom stereocenters. The summed E-state index contributed by atoms with van der Waals surface area (Å²) in [5, 5.41) is 3.47. The molecule has 76 valence electrons. The maximum atomic E-state index is 5.45. The van der Waals surface area contributed by atoms with Crippen LogP contribution in [0, 0.1) is 0 Å². The maximum absolute atomic E-state index is 5.45. The minimum Gasteiger partial charge on any atom is -0.380 e. The molecule has 0 bridgehead atoms. The first kappa shape index (κ1) is 10.7. The highest BCUT2D eigenvalue weighted by Gasteiger charge is 2.07. The normalized spacial score (nSPS) is 17.0. The van der Waals surface area contributed by atoms with Crippen molar-refractivity contribution in [3.63, 3.8) is 0 Å². The van der Waals surface area contributed by atoms with Gasteiger partial charge in [-0.05, 0) is 19.3 Å². The van der Waals surface area contributed by atoms with Crippen molar-refractivity contribution in [3.05, 3.63) is 12.2 Å². The van der Waals surface area contributed by atoms with E-state index in [2.05, 4.69) is 24.4 Å². The predicted molar refractivity (Wildman–Crippen MR) is 55.9 cm³/mol. The summed E-state index contributed by atoms with van der Waals surface area (Å²) in [6.07, 6.45) is 9.28. The van der Waals surface area contributed by atoms with E-state index < -0.39 is 0 Å². The van der Waals surface area contributed by atoms with Crippen LogP contribution in [0.25, 0.3) is 0 Å². The minimum atomic E-state index is 0.676. The Bertz CT molecular complexity index is 137. The molecule has 0 heterocycles. The molecule has 0 aromatic rings. The molecule has 0 atom stereocenters. The third-order valence-corrected chi connectivity index (χ3v) is 2.33. The molecule has 2 nitrogen and oxygen atoms in total. The summed E-state index contributed by atoms with van der Waals surface area (Å²) in [4.78, 5) is 0. The van der Waals surface area contributed by atoms with Gasteiger partial charge in [0.15, 0.2) is 0 Å². The summed E-state index contributed by atoms with van der Waals surface area (Å²) in [6.45, 7) is 4.96. The van der Waals surface area contributed by atoms with Crippen LogP contribution in [0.4, 0.5) is 0 Å². The number of hydrogen-bond acceptors (Lipinski definition) is 2. The Morgan fingerprint density at radius 1 is 1.31 bits per heavy atom. The summed E-state index contributed by atoms with van der Waals surface area (Å²) in [5.74, 6) is 0. The molecule has 0 aromatic carbocycles. The lowest BCUT2D eigenvalue weighted by Gasteiger charge is -2.11. The molecular weight excluding hydrogens is 162 g/mol. The number of rotatable bonds is 7. The predicted octanol–water partition coefficient (Wildman–Crippen LogP) is 2.11. The van der Waals surface area contributed by atoms with Gasteiger partial charge in [-0.25, -0.2) is 0 Å².